The summed E-state index contributed by atoms with van der Waals surface area (Å²) in [5.41, 5.74) is 1.21. The fourth-order valence-corrected chi connectivity index (χ4v) is 2.01. The lowest BCUT2D eigenvalue weighted by molar-refractivity contribution is -0.137. The number of ether oxygens (including phenoxy) is 2. The van der Waals surface area contributed by atoms with Crippen LogP contribution in [-0.4, -0.2) is 13.2 Å². The number of halogens is 3. The first-order valence-corrected chi connectivity index (χ1v) is 7.41. The second kappa shape index (κ2) is 8.70. The van der Waals surface area contributed by atoms with Crippen LogP contribution in [0.2, 0.25) is 0 Å². The predicted molar refractivity (Wildman–Crippen MR) is 81.8 cm³/mol. The molecule has 124 valence electrons. The van der Waals surface area contributed by atoms with Crippen molar-refractivity contribution in [3.63, 3.8) is 0 Å². The highest BCUT2D eigenvalue weighted by Crippen LogP contribution is 2.29. The van der Waals surface area contributed by atoms with Crippen LogP contribution in [0.15, 0.2) is 54.6 Å². The van der Waals surface area contributed by atoms with E-state index in [9.17, 15) is 13.2 Å². The zero-order valence-electron chi connectivity index (χ0n) is 12.7. The normalized spacial score (nSPS) is 11.6. The van der Waals surface area contributed by atoms with E-state index in [4.69, 9.17) is 9.47 Å². The van der Waals surface area contributed by atoms with E-state index < -0.39 is 11.7 Å². The van der Waals surface area contributed by atoms with Gasteiger partial charge in [-0.1, -0.05) is 42.5 Å². The van der Waals surface area contributed by atoms with Gasteiger partial charge in [0.15, 0.2) is 0 Å². The fraction of sp³-hybridized carbons (Fsp3) is 0.333. The molecule has 0 aliphatic heterocycles. The maximum absolute atomic E-state index is 12.4. The third-order valence-electron chi connectivity index (χ3n) is 3.24. The first-order chi connectivity index (χ1) is 11.1. The van der Waals surface area contributed by atoms with Crippen LogP contribution in [0.4, 0.5) is 13.2 Å². The Labute approximate surface area is 133 Å². The molecule has 0 aliphatic carbocycles. The van der Waals surface area contributed by atoms with E-state index in [1.165, 1.54) is 12.1 Å². The van der Waals surface area contributed by atoms with Crippen LogP contribution >= 0.6 is 0 Å². The van der Waals surface area contributed by atoms with Gasteiger partial charge in [-0.05, 0) is 29.7 Å². The standard InChI is InChI=1S/C18H19F3O2/c19-18(20,21)17-9-7-16(8-10-17)14-23-12-4-11-22-13-15-5-2-1-3-6-15/h1-3,5-10H,4,11-14H2. The lowest BCUT2D eigenvalue weighted by Gasteiger charge is -2.08. The summed E-state index contributed by atoms with van der Waals surface area (Å²) in [6.07, 6.45) is -3.55. The molecular weight excluding hydrogens is 305 g/mol. The van der Waals surface area contributed by atoms with E-state index >= 15 is 0 Å². The average molecular weight is 324 g/mol. The molecule has 2 aromatic carbocycles. The molecule has 0 heterocycles. The van der Waals surface area contributed by atoms with Crippen molar-refractivity contribution < 1.29 is 22.6 Å². The summed E-state index contributed by atoms with van der Waals surface area (Å²) >= 11 is 0. The van der Waals surface area contributed by atoms with E-state index in [2.05, 4.69) is 0 Å². The largest absolute Gasteiger partial charge is 0.416 e. The maximum atomic E-state index is 12.4. The quantitative estimate of drug-likeness (QED) is 0.648. The van der Waals surface area contributed by atoms with Gasteiger partial charge in [-0.15, -0.1) is 0 Å². The Balaban J connectivity index is 1.57. The molecule has 0 radical (unpaired) electrons. The van der Waals surface area contributed by atoms with Gasteiger partial charge < -0.3 is 9.47 Å². The average Bonchev–Trinajstić information content (AvgIpc) is 2.54. The van der Waals surface area contributed by atoms with Crippen molar-refractivity contribution in [2.75, 3.05) is 13.2 Å². The number of rotatable bonds is 8. The zero-order valence-corrected chi connectivity index (χ0v) is 12.7. The Kier molecular flexibility index (Phi) is 6.62. The maximum Gasteiger partial charge on any atom is 0.416 e. The van der Waals surface area contributed by atoms with E-state index in [1.54, 1.807) is 0 Å². The van der Waals surface area contributed by atoms with Crippen LogP contribution in [0.25, 0.3) is 0 Å². The molecule has 0 aliphatic rings. The van der Waals surface area contributed by atoms with Crippen molar-refractivity contribution in [2.24, 2.45) is 0 Å². The Bertz CT molecular complexity index is 565. The third-order valence-corrected chi connectivity index (χ3v) is 3.24. The molecule has 2 aromatic rings. The molecule has 0 saturated heterocycles. The highest BCUT2D eigenvalue weighted by atomic mass is 19.4. The third kappa shape index (κ3) is 6.42. The van der Waals surface area contributed by atoms with Gasteiger partial charge >= 0.3 is 6.18 Å². The monoisotopic (exact) mass is 324 g/mol. The SMILES string of the molecule is FC(F)(F)c1ccc(COCCCOCc2ccccc2)cc1. The van der Waals surface area contributed by atoms with Gasteiger partial charge in [0.1, 0.15) is 0 Å². The molecule has 2 rings (SSSR count). The Hall–Kier alpha value is -1.85. The minimum Gasteiger partial charge on any atom is -0.377 e. The summed E-state index contributed by atoms with van der Waals surface area (Å²) in [7, 11) is 0. The van der Waals surface area contributed by atoms with Crippen molar-refractivity contribution in [1.29, 1.82) is 0 Å². The topological polar surface area (TPSA) is 18.5 Å². The minimum atomic E-state index is -4.30. The van der Waals surface area contributed by atoms with Crippen LogP contribution in [0.5, 0.6) is 0 Å². The molecular formula is C18H19F3O2. The summed E-state index contributed by atoms with van der Waals surface area (Å²) in [5, 5.41) is 0. The zero-order chi connectivity index (χ0) is 16.5. The van der Waals surface area contributed by atoms with Gasteiger partial charge in [-0.25, -0.2) is 0 Å². The van der Waals surface area contributed by atoms with Crippen molar-refractivity contribution in [3.8, 4) is 0 Å². The smallest absolute Gasteiger partial charge is 0.377 e. The molecule has 0 atom stereocenters. The molecule has 23 heavy (non-hydrogen) atoms. The molecule has 0 N–H and O–H groups in total. The summed E-state index contributed by atoms with van der Waals surface area (Å²) in [6.45, 7) is 1.97. The molecule has 0 aromatic heterocycles. The van der Waals surface area contributed by atoms with Crippen LogP contribution in [0.3, 0.4) is 0 Å². The van der Waals surface area contributed by atoms with E-state index in [0.717, 1.165) is 29.7 Å². The second-order valence-corrected chi connectivity index (χ2v) is 5.14. The summed E-state index contributed by atoms with van der Waals surface area (Å²) in [4.78, 5) is 0. The second-order valence-electron chi connectivity index (χ2n) is 5.14. The summed E-state index contributed by atoms with van der Waals surface area (Å²) < 4.78 is 48.2. The van der Waals surface area contributed by atoms with Crippen LogP contribution in [0.1, 0.15) is 23.1 Å². The minimum absolute atomic E-state index is 0.302. The number of alkyl halides is 3. The number of hydrogen-bond donors (Lipinski definition) is 0. The fourth-order valence-electron chi connectivity index (χ4n) is 2.01. The van der Waals surface area contributed by atoms with E-state index in [0.29, 0.717) is 26.4 Å². The van der Waals surface area contributed by atoms with Gasteiger partial charge in [0, 0.05) is 13.2 Å². The van der Waals surface area contributed by atoms with Gasteiger partial charge in [-0.3, -0.25) is 0 Å². The molecule has 0 unspecified atom stereocenters. The Morgan fingerprint density at radius 2 is 1.22 bits per heavy atom. The van der Waals surface area contributed by atoms with Gasteiger partial charge in [0.2, 0.25) is 0 Å². The van der Waals surface area contributed by atoms with Crippen molar-refractivity contribution >= 4 is 0 Å². The molecule has 0 spiro atoms. The van der Waals surface area contributed by atoms with E-state index in [-0.39, 0.29) is 0 Å². The van der Waals surface area contributed by atoms with Gasteiger partial charge in [-0.2, -0.15) is 13.2 Å². The predicted octanol–water partition coefficient (Wildman–Crippen LogP) is 4.83. The Morgan fingerprint density at radius 3 is 1.74 bits per heavy atom. The summed E-state index contributed by atoms with van der Waals surface area (Å²) in [6, 6.07) is 14.9. The number of benzene rings is 2. The molecule has 0 amide bonds. The summed E-state index contributed by atoms with van der Waals surface area (Å²) in [5.74, 6) is 0. The molecule has 5 heteroatoms. The highest BCUT2D eigenvalue weighted by Gasteiger charge is 2.29. The van der Waals surface area contributed by atoms with Crippen LogP contribution in [0, 0.1) is 0 Å². The van der Waals surface area contributed by atoms with Crippen LogP contribution < -0.4 is 0 Å². The van der Waals surface area contributed by atoms with E-state index in [1.807, 2.05) is 30.3 Å². The highest BCUT2D eigenvalue weighted by molar-refractivity contribution is 5.24. The van der Waals surface area contributed by atoms with Crippen molar-refractivity contribution in [1.82, 2.24) is 0 Å². The first-order valence-electron chi connectivity index (χ1n) is 7.41. The lowest BCUT2D eigenvalue weighted by Crippen LogP contribution is -2.05. The molecule has 0 fully saturated rings. The molecule has 0 bridgehead atoms. The van der Waals surface area contributed by atoms with Crippen molar-refractivity contribution in [3.05, 3.63) is 71.3 Å². The van der Waals surface area contributed by atoms with Gasteiger partial charge in [0.25, 0.3) is 0 Å². The lowest BCUT2D eigenvalue weighted by atomic mass is 10.1. The van der Waals surface area contributed by atoms with Crippen molar-refractivity contribution in [2.45, 2.75) is 25.8 Å². The molecule has 0 saturated carbocycles. The van der Waals surface area contributed by atoms with Crippen LogP contribution in [-0.2, 0) is 28.9 Å². The number of hydrogen-bond acceptors (Lipinski definition) is 2. The van der Waals surface area contributed by atoms with Gasteiger partial charge in [0.05, 0.1) is 18.8 Å². The first kappa shape index (κ1) is 17.5. The molecule has 2 nitrogen and oxygen atoms in total. The Morgan fingerprint density at radius 1 is 0.696 bits per heavy atom.